The van der Waals surface area contributed by atoms with Gasteiger partial charge in [-0.25, -0.2) is 9.97 Å². The lowest BCUT2D eigenvalue weighted by Crippen LogP contribution is -2.17. The van der Waals surface area contributed by atoms with E-state index in [0.29, 0.717) is 11.9 Å². The normalized spacial score (nSPS) is 12.5. The van der Waals surface area contributed by atoms with Gasteiger partial charge in [-0.15, -0.1) is 11.6 Å². The average Bonchev–Trinajstić information content (AvgIpc) is 2.17. The summed E-state index contributed by atoms with van der Waals surface area (Å²) in [6, 6.07) is 2.35. The van der Waals surface area contributed by atoms with Crippen molar-refractivity contribution in [1.29, 1.82) is 0 Å². The van der Waals surface area contributed by atoms with E-state index in [1.54, 1.807) is 0 Å². The van der Waals surface area contributed by atoms with Gasteiger partial charge in [0.15, 0.2) is 0 Å². The van der Waals surface area contributed by atoms with Crippen LogP contribution in [0.15, 0.2) is 6.07 Å². The monoisotopic (exact) mass is 227 g/mol. The average molecular weight is 228 g/mol. The molecule has 0 fully saturated rings. The standard InChI is InChI=1S/C11H18ClN3/c1-4-10-7-11(15-9(3)14-10)13-8(2)5-6-12/h7-8H,4-6H2,1-3H3,(H,13,14,15). The Morgan fingerprint density at radius 1 is 1.47 bits per heavy atom. The van der Waals surface area contributed by atoms with Crippen molar-refractivity contribution in [3.63, 3.8) is 0 Å². The maximum absolute atomic E-state index is 5.68. The first-order chi connectivity index (χ1) is 7.15. The third-order valence-electron chi connectivity index (χ3n) is 2.19. The quantitative estimate of drug-likeness (QED) is 0.787. The summed E-state index contributed by atoms with van der Waals surface area (Å²) >= 11 is 5.68. The Balaban J connectivity index is 2.71. The molecule has 1 N–H and O–H groups in total. The molecule has 1 atom stereocenters. The van der Waals surface area contributed by atoms with Crippen LogP contribution in [0.2, 0.25) is 0 Å². The van der Waals surface area contributed by atoms with Crippen LogP contribution in [0.25, 0.3) is 0 Å². The Morgan fingerprint density at radius 2 is 2.20 bits per heavy atom. The van der Waals surface area contributed by atoms with Crippen LogP contribution in [0.1, 0.15) is 31.8 Å². The van der Waals surface area contributed by atoms with E-state index >= 15 is 0 Å². The van der Waals surface area contributed by atoms with Gasteiger partial charge >= 0.3 is 0 Å². The number of aromatic nitrogens is 2. The largest absolute Gasteiger partial charge is 0.367 e. The number of rotatable bonds is 5. The van der Waals surface area contributed by atoms with Crippen LogP contribution in [-0.2, 0) is 6.42 Å². The second-order valence-corrected chi connectivity index (χ2v) is 4.05. The molecule has 1 unspecified atom stereocenters. The highest BCUT2D eigenvalue weighted by Crippen LogP contribution is 2.10. The van der Waals surface area contributed by atoms with Gasteiger partial charge in [-0.1, -0.05) is 6.92 Å². The molecule has 84 valence electrons. The SMILES string of the molecule is CCc1cc(NC(C)CCCl)nc(C)n1. The predicted octanol–water partition coefficient (Wildman–Crippen LogP) is 2.78. The zero-order chi connectivity index (χ0) is 11.3. The second-order valence-electron chi connectivity index (χ2n) is 3.67. The molecule has 1 heterocycles. The lowest BCUT2D eigenvalue weighted by molar-refractivity contribution is 0.760. The van der Waals surface area contributed by atoms with Gasteiger partial charge in [-0.2, -0.15) is 0 Å². The molecular weight excluding hydrogens is 210 g/mol. The van der Waals surface area contributed by atoms with E-state index in [2.05, 4.69) is 29.1 Å². The molecule has 0 aliphatic heterocycles. The van der Waals surface area contributed by atoms with Gasteiger partial charge in [0.25, 0.3) is 0 Å². The van der Waals surface area contributed by atoms with Crippen LogP contribution in [0, 0.1) is 6.92 Å². The van der Waals surface area contributed by atoms with E-state index in [0.717, 1.165) is 30.2 Å². The van der Waals surface area contributed by atoms with E-state index in [1.807, 2.05) is 13.0 Å². The van der Waals surface area contributed by atoms with Crippen molar-refractivity contribution < 1.29 is 0 Å². The van der Waals surface area contributed by atoms with Crippen molar-refractivity contribution in [2.24, 2.45) is 0 Å². The Hall–Kier alpha value is -0.830. The maximum Gasteiger partial charge on any atom is 0.130 e. The number of hydrogen-bond donors (Lipinski definition) is 1. The summed E-state index contributed by atoms with van der Waals surface area (Å²) in [4.78, 5) is 8.67. The molecular formula is C11H18ClN3. The summed E-state index contributed by atoms with van der Waals surface area (Å²) in [5.41, 5.74) is 1.07. The molecule has 0 amide bonds. The summed E-state index contributed by atoms with van der Waals surface area (Å²) < 4.78 is 0. The van der Waals surface area contributed by atoms with Gasteiger partial charge in [0.2, 0.25) is 0 Å². The molecule has 15 heavy (non-hydrogen) atoms. The van der Waals surface area contributed by atoms with E-state index in [9.17, 15) is 0 Å². The Morgan fingerprint density at radius 3 is 2.80 bits per heavy atom. The number of hydrogen-bond acceptors (Lipinski definition) is 3. The predicted molar refractivity (Wildman–Crippen MR) is 64.6 cm³/mol. The van der Waals surface area contributed by atoms with Gasteiger partial charge in [-0.05, 0) is 26.7 Å². The zero-order valence-corrected chi connectivity index (χ0v) is 10.3. The number of anilines is 1. The minimum atomic E-state index is 0.349. The van der Waals surface area contributed by atoms with Crippen molar-refractivity contribution in [2.45, 2.75) is 39.7 Å². The molecule has 0 saturated carbocycles. The van der Waals surface area contributed by atoms with Crippen molar-refractivity contribution in [3.05, 3.63) is 17.6 Å². The van der Waals surface area contributed by atoms with Gasteiger partial charge in [-0.3, -0.25) is 0 Å². The summed E-state index contributed by atoms with van der Waals surface area (Å²) in [5.74, 6) is 2.38. The fourth-order valence-electron chi connectivity index (χ4n) is 1.37. The lowest BCUT2D eigenvalue weighted by atomic mass is 10.2. The molecule has 1 aromatic rings. The van der Waals surface area contributed by atoms with Crippen LogP contribution < -0.4 is 5.32 Å². The molecule has 0 radical (unpaired) electrons. The number of nitrogens with one attached hydrogen (secondary N) is 1. The summed E-state index contributed by atoms with van der Waals surface area (Å²) in [6.07, 6.45) is 1.87. The van der Waals surface area contributed by atoms with E-state index in [4.69, 9.17) is 11.6 Å². The van der Waals surface area contributed by atoms with Gasteiger partial charge in [0.05, 0.1) is 0 Å². The third kappa shape index (κ3) is 4.04. The number of alkyl halides is 1. The topological polar surface area (TPSA) is 37.8 Å². The first kappa shape index (κ1) is 12.2. The van der Waals surface area contributed by atoms with Crippen LogP contribution in [0.3, 0.4) is 0 Å². The highest BCUT2D eigenvalue weighted by atomic mass is 35.5. The molecule has 0 aromatic carbocycles. The van der Waals surface area contributed by atoms with E-state index in [1.165, 1.54) is 0 Å². The molecule has 0 bridgehead atoms. The zero-order valence-electron chi connectivity index (χ0n) is 9.55. The molecule has 0 spiro atoms. The van der Waals surface area contributed by atoms with Crippen molar-refractivity contribution in [2.75, 3.05) is 11.2 Å². The van der Waals surface area contributed by atoms with E-state index < -0.39 is 0 Å². The van der Waals surface area contributed by atoms with Gasteiger partial charge < -0.3 is 5.32 Å². The van der Waals surface area contributed by atoms with Crippen LogP contribution >= 0.6 is 11.6 Å². The van der Waals surface area contributed by atoms with Crippen molar-refractivity contribution >= 4 is 17.4 Å². The summed E-state index contributed by atoms with van der Waals surface area (Å²) in [6.45, 7) is 6.11. The minimum Gasteiger partial charge on any atom is -0.367 e. The van der Waals surface area contributed by atoms with Crippen LogP contribution in [-0.4, -0.2) is 21.9 Å². The Kier molecular flexibility index (Phi) is 4.82. The molecule has 3 nitrogen and oxygen atoms in total. The minimum absolute atomic E-state index is 0.349. The first-order valence-electron chi connectivity index (χ1n) is 5.32. The summed E-state index contributed by atoms with van der Waals surface area (Å²) in [5, 5.41) is 3.32. The molecule has 0 saturated heterocycles. The maximum atomic E-state index is 5.68. The highest BCUT2D eigenvalue weighted by Gasteiger charge is 2.04. The Bertz CT molecular complexity index is 315. The molecule has 4 heteroatoms. The number of nitrogens with zero attached hydrogens (tertiary/aromatic N) is 2. The van der Waals surface area contributed by atoms with Gasteiger partial charge in [0, 0.05) is 23.7 Å². The lowest BCUT2D eigenvalue weighted by Gasteiger charge is -2.13. The number of aryl methyl sites for hydroxylation is 2. The fourth-order valence-corrected chi connectivity index (χ4v) is 1.70. The first-order valence-corrected chi connectivity index (χ1v) is 5.86. The smallest absolute Gasteiger partial charge is 0.130 e. The van der Waals surface area contributed by atoms with E-state index in [-0.39, 0.29) is 0 Å². The Labute approximate surface area is 96.3 Å². The second kappa shape index (κ2) is 5.91. The van der Waals surface area contributed by atoms with Gasteiger partial charge in [0.1, 0.15) is 11.6 Å². The highest BCUT2D eigenvalue weighted by molar-refractivity contribution is 6.17. The molecule has 1 aromatic heterocycles. The molecule has 0 aliphatic carbocycles. The number of halogens is 1. The third-order valence-corrected chi connectivity index (χ3v) is 2.41. The van der Waals surface area contributed by atoms with Crippen LogP contribution in [0.4, 0.5) is 5.82 Å². The van der Waals surface area contributed by atoms with Crippen molar-refractivity contribution in [3.8, 4) is 0 Å². The van der Waals surface area contributed by atoms with Crippen molar-refractivity contribution in [1.82, 2.24) is 9.97 Å². The summed E-state index contributed by atoms with van der Waals surface area (Å²) in [7, 11) is 0. The fraction of sp³-hybridized carbons (Fsp3) is 0.636. The molecule has 0 aliphatic rings. The molecule has 1 rings (SSSR count). The van der Waals surface area contributed by atoms with Crippen LogP contribution in [0.5, 0.6) is 0 Å².